The van der Waals surface area contributed by atoms with Crippen molar-refractivity contribution in [2.24, 2.45) is 0 Å². The fourth-order valence-electron chi connectivity index (χ4n) is 4.93. The van der Waals surface area contributed by atoms with E-state index in [1.807, 2.05) is 4.90 Å². The first-order chi connectivity index (χ1) is 15.7. The Balaban J connectivity index is 1.81. The number of aromatic nitrogens is 1. The van der Waals surface area contributed by atoms with Crippen LogP contribution in [0.25, 0.3) is 17.3 Å². The summed E-state index contributed by atoms with van der Waals surface area (Å²) >= 11 is 0. The molecule has 2 aliphatic rings. The van der Waals surface area contributed by atoms with Crippen LogP contribution in [-0.2, 0) is 28.9 Å². The number of carbonyl (C=O) groups excluding carboxylic acids is 2. The highest BCUT2D eigenvalue weighted by atomic mass is 16.5. The van der Waals surface area contributed by atoms with Crippen molar-refractivity contribution in [1.29, 1.82) is 0 Å². The summed E-state index contributed by atoms with van der Waals surface area (Å²) < 4.78 is 12.8. The van der Waals surface area contributed by atoms with Gasteiger partial charge in [-0.25, -0.2) is 4.79 Å². The van der Waals surface area contributed by atoms with Crippen LogP contribution in [0.3, 0.4) is 0 Å². The first kappa shape index (κ1) is 23.1. The molecule has 176 valence electrons. The van der Waals surface area contributed by atoms with Crippen molar-refractivity contribution in [1.82, 2.24) is 9.47 Å². The Kier molecular flexibility index (Phi) is 6.37. The van der Waals surface area contributed by atoms with E-state index in [2.05, 4.69) is 43.5 Å². The summed E-state index contributed by atoms with van der Waals surface area (Å²) in [6.07, 6.45) is 6.99. The van der Waals surface area contributed by atoms with Crippen molar-refractivity contribution in [2.75, 3.05) is 20.3 Å². The predicted octanol–water partition coefficient (Wildman–Crippen LogP) is 4.87. The van der Waals surface area contributed by atoms with Gasteiger partial charge in [0.25, 0.3) is 5.91 Å². The second-order valence-corrected chi connectivity index (χ2v) is 9.73. The molecule has 0 saturated carbocycles. The van der Waals surface area contributed by atoms with Gasteiger partial charge in [0.1, 0.15) is 11.4 Å². The van der Waals surface area contributed by atoms with E-state index in [9.17, 15) is 9.59 Å². The second-order valence-electron chi connectivity index (χ2n) is 9.73. The van der Waals surface area contributed by atoms with Crippen LogP contribution in [0.4, 0.5) is 0 Å². The number of methoxy groups -OCH3 is 1. The van der Waals surface area contributed by atoms with Crippen molar-refractivity contribution in [3.63, 3.8) is 0 Å². The standard InChI is InChI=1S/C27H34N2O4/c1-6-33-24(30)11-10-19-15-21-18(17-23(19)32-5)12-14-28-22(21)16-20-9-7-8-13-29(27(2,3)4)26(31)25(20)28/h10-11,15-17H,6-9,12-14H2,1-5H3. The van der Waals surface area contributed by atoms with Gasteiger partial charge in [0.15, 0.2) is 0 Å². The average Bonchev–Trinajstić information content (AvgIpc) is 3.12. The van der Waals surface area contributed by atoms with Gasteiger partial charge in [-0.15, -0.1) is 0 Å². The number of esters is 1. The van der Waals surface area contributed by atoms with Crippen LogP contribution in [0.2, 0.25) is 0 Å². The maximum absolute atomic E-state index is 13.7. The zero-order chi connectivity index (χ0) is 23.8. The molecule has 6 nitrogen and oxygen atoms in total. The van der Waals surface area contributed by atoms with E-state index in [0.29, 0.717) is 6.61 Å². The molecule has 0 bridgehead atoms. The minimum atomic E-state index is -0.378. The molecule has 3 heterocycles. The van der Waals surface area contributed by atoms with E-state index in [-0.39, 0.29) is 17.4 Å². The fraction of sp³-hybridized carbons (Fsp3) is 0.481. The smallest absolute Gasteiger partial charge is 0.330 e. The first-order valence-electron chi connectivity index (χ1n) is 11.8. The maximum atomic E-state index is 13.7. The third-order valence-electron chi connectivity index (χ3n) is 6.53. The Labute approximate surface area is 196 Å². The van der Waals surface area contributed by atoms with Crippen molar-refractivity contribution in [3.05, 3.63) is 46.7 Å². The van der Waals surface area contributed by atoms with Gasteiger partial charge in [0.05, 0.1) is 13.7 Å². The number of aryl methyl sites for hydroxylation is 2. The van der Waals surface area contributed by atoms with Gasteiger partial charge in [-0.1, -0.05) is 0 Å². The normalized spacial score (nSPS) is 16.0. The molecule has 33 heavy (non-hydrogen) atoms. The van der Waals surface area contributed by atoms with Crippen molar-refractivity contribution in [3.8, 4) is 17.0 Å². The molecular formula is C27H34N2O4. The number of hydrogen-bond donors (Lipinski definition) is 0. The molecule has 0 aliphatic carbocycles. The van der Waals surface area contributed by atoms with Crippen molar-refractivity contribution < 1.29 is 19.1 Å². The number of nitrogens with zero attached hydrogens (tertiary/aromatic N) is 2. The molecule has 4 rings (SSSR count). The van der Waals surface area contributed by atoms with Gasteiger partial charge < -0.3 is 18.9 Å². The summed E-state index contributed by atoms with van der Waals surface area (Å²) in [4.78, 5) is 27.6. The lowest BCUT2D eigenvalue weighted by molar-refractivity contribution is -0.137. The zero-order valence-corrected chi connectivity index (χ0v) is 20.4. The van der Waals surface area contributed by atoms with E-state index in [0.717, 1.165) is 72.6 Å². The molecule has 1 amide bonds. The monoisotopic (exact) mass is 450 g/mol. The van der Waals surface area contributed by atoms with Crippen LogP contribution in [0.1, 0.15) is 67.7 Å². The van der Waals surface area contributed by atoms with Gasteiger partial charge in [0, 0.05) is 41.5 Å². The van der Waals surface area contributed by atoms with Crippen LogP contribution in [-0.4, -0.2) is 47.1 Å². The van der Waals surface area contributed by atoms with E-state index < -0.39 is 0 Å². The van der Waals surface area contributed by atoms with E-state index in [4.69, 9.17) is 9.47 Å². The summed E-state index contributed by atoms with van der Waals surface area (Å²) in [7, 11) is 1.64. The van der Waals surface area contributed by atoms with Crippen molar-refractivity contribution in [2.45, 2.75) is 65.5 Å². The molecule has 0 unspecified atom stereocenters. The Morgan fingerprint density at radius 2 is 1.88 bits per heavy atom. The lowest BCUT2D eigenvalue weighted by Gasteiger charge is -2.37. The van der Waals surface area contributed by atoms with E-state index >= 15 is 0 Å². The van der Waals surface area contributed by atoms with Gasteiger partial charge in [-0.3, -0.25) is 4.79 Å². The largest absolute Gasteiger partial charge is 0.496 e. The maximum Gasteiger partial charge on any atom is 0.330 e. The summed E-state index contributed by atoms with van der Waals surface area (Å²) in [5.41, 5.74) is 5.92. The Morgan fingerprint density at radius 1 is 1.09 bits per heavy atom. The number of carbonyl (C=O) groups is 2. The Morgan fingerprint density at radius 3 is 2.58 bits per heavy atom. The Hall–Kier alpha value is -3.02. The molecule has 0 radical (unpaired) electrons. The molecule has 2 aromatic rings. The van der Waals surface area contributed by atoms with Crippen LogP contribution in [0.5, 0.6) is 5.75 Å². The molecule has 2 aliphatic heterocycles. The molecule has 6 heteroatoms. The molecule has 0 fully saturated rings. The topological polar surface area (TPSA) is 60.8 Å². The van der Waals surface area contributed by atoms with Gasteiger partial charge >= 0.3 is 5.97 Å². The predicted molar refractivity (Wildman–Crippen MR) is 130 cm³/mol. The Bertz CT molecular complexity index is 1100. The highest BCUT2D eigenvalue weighted by molar-refractivity contribution is 5.97. The molecule has 1 aromatic carbocycles. The van der Waals surface area contributed by atoms with Gasteiger partial charge in [0.2, 0.25) is 0 Å². The van der Waals surface area contributed by atoms with Crippen molar-refractivity contribution >= 4 is 18.0 Å². The van der Waals surface area contributed by atoms with Crippen LogP contribution in [0, 0.1) is 0 Å². The fourth-order valence-corrected chi connectivity index (χ4v) is 4.93. The summed E-state index contributed by atoms with van der Waals surface area (Å²) in [5.74, 6) is 0.474. The third-order valence-corrected chi connectivity index (χ3v) is 6.53. The molecule has 1 aromatic heterocycles. The van der Waals surface area contributed by atoms with E-state index in [1.54, 1.807) is 20.1 Å². The number of rotatable bonds is 4. The van der Waals surface area contributed by atoms with E-state index in [1.165, 1.54) is 11.6 Å². The number of hydrogen-bond acceptors (Lipinski definition) is 4. The average molecular weight is 451 g/mol. The molecule has 0 spiro atoms. The molecule has 0 atom stereocenters. The molecule has 0 saturated heterocycles. The number of amides is 1. The molecule has 0 N–H and O–H groups in total. The number of fused-ring (bicyclic) bond motifs is 5. The third kappa shape index (κ3) is 4.43. The summed E-state index contributed by atoms with van der Waals surface area (Å²) in [6.45, 7) is 10.0. The highest BCUT2D eigenvalue weighted by Crippen LogP contribution is 2.39. The second kappa shape index (κ2) is 9.08. The summed E-state index contributed by atoms with van der Waals surface area (Å²) in [6, 6.07) is 6.31. The van der Waals surface area contributed by atoms with Crippen LogP contribution < -0.4 is 4.74 Å². The minimum Gasteiger partial charge on any atom is -0.496 e. The quantitative estimate of drug-likeness (QED) is 0.492. The first-order valence-corrected chi connectivity index (χ1v) is 11.8. The summed E-state index contributed by atoms with van der Waals surface area (Å²) in [5, 5.41) is 0. The number of ether oxygens (including phenoxy) is 2. The minimum absolute atomic E-state index is 0.128. The lowest BCUT2D eigenvalue weighted by atomic mass is 9.95. The zero-order valence-electron chi connectivity index (χ0n) is 20.4. The van der Waals surface area contributed by atoms with Gasteiger partial charge in [-0.05, 0) is 88.8 Å². The van der Waals surface area contributed by atoms with Crippen LogP contribution >= 0.6 is 0 Å². The number of benzene rings is 1. The lowest BCUT2D eigenvalue weighted by Crippen LogP contribution is -2.47. The molecular weight excluding hydrogens is 416 g/mol. The van der Waals surface area contributed by atoms with Gasteiger partial charge in [-0.2, -0.15) is 0 Å². The highest BCUT2D eigenvalue weighted by Gasteiger charge is 2.34. The SMILES string of the molecule is CCOC(=O)C=Cc1cc2c(cc1OC)CCn1c-2cc2c1C(=O)N(C(C)(C)C)CCCC2. The van der Waals surface area contributed by atoms with Crippen LogP contribution in [0.15, 0.2) is 24.3 Å².